The Hall–Kier alpha value is -1.93. The lowest BCUT2D eigenvalue weighted by Crippen LogP contribution is -2.26. The van der Waals surface area contributed by atoms with Crippen molar-refractivity contribution in [3.05, 3.63) is 60.2 Å². The van der Waals surface area contributed by atoms with Crippen LogP contribution in [0.3, 0.4) is 0 Å². The minimum atomic E-state index is -0.252. The molecule has 0 saturated heterocycles. The first-order chi connectivity index (χ1) is 10.3. The van der Waals surface area contributed by atoms with Gasteiger partial charge < -0.3 is 4.74 Å². The Morgan fingerprint density at radius 2 is 1.67 bits per heavy atom. The van der Waals surface area contributed by atoms with Gasteiger partial charge in [-0.25, -0.2) is 0 Å². The van der Waals surface area contributed by atoms with Crippen LogP contribution in [-0.4, -0.2) is 18.5 Å². The fraction of sp³-hybridized carbons (Fsp3) is 0.316. The van der Waals surface area contributed by atoms with Crippen LogP contribution in [-0.2, 0) is 4.74 Å². The van der Waals surface area contributed by atoms with Crippen LogP contribution in [0.15, 0.2) is 54.6 Å². The Balaban J connectivity index is 1.78. The van der Waals surface area contributed by atoms with Crippen LogP contribution >= 0.6 is 0 Å². The number of ether oxygens (including phenoxy) is 1. The molecule has 0 heterocycles. The van der Waals surface area contributed by atoms with Crippen LogP contribution in [0.2, 0.25) is 0 Å². The van der Waals surface area contributed by atoms with Gasteiger partial charge in [-0.1, -0.05) is 54.6 Å². The van der Waals surface area contributed by atoms with E-state index in [0.29, 0.717) is 12.5 Å². The first kappa shape index (κ1) is 14.0. The number of carbonyl (C=O) groups excluding carboxylic acids is 1. The second-order valence-electron chi connectivity index (χ2n) is 5.52. The molecule has 1 atom stereocenters. The fourth-order valence-corrected chi connectivity index (χ4v) is 2.63. The molecule has 1 saturated carbocycles. The van der Waals surface area contributed by atoms with E-state index in [1.54, 1.807) is 0 Å². The second-order valence-corrected chi connectivity index (χ2v) is 5.52. The first-order valence-electron chi connectivity index (χ1n) is 7.61. The predicted molar refractivity (Wildman–Crippen MR) is 84.3 cm³/mol. The summed E-state index contributed by atoms with van der Waals surface area (Å²) in [7, 11) is 0. The van der Waals surface area contributed by atoms with Gasteiger partial charge in [0.05, 0.1) is 0 Å². The van der Waals surface area contributed by atoms with Crippen molar-refractivity contribution < 1.29 is 9.53 Å². The summed E-state index contributed by atoms with van der Waals surface area (Å²) in [5, 5.41) is 0. The standard InChI is InChI=1S/C19H20O2/c1-2-21-19(17-12-13-17)18(20)16-10-8-15(9-11-16)14-6-4-3-5-7-14/h3-11,17,19H,2,12-13H2,1H3. The summed E-state index contributed by atoms with van der Waals surface area (Å²) in [5.74, 6) is 0.546. The Morgan fingerprint density at radius 3 is 2.24 bits per heavy atom. The molecule has 0 aromatic heterocycles. The van der Waals surface area contributed by atoms with E-state index >= 15 is 0 Å². The van der Waals surface area contributed by atoms with Crippen molar-refractivity contribution in [1.29, 1.82) is 0 Å². The molecule has 0 aliphatic heterocycles. The van der Waals surface area contributed by atoms with Gasteiger partial charge in [-0.3, -0.25) is 4.79 Å². The van der Waals surface area contributed by atoms with Crippen LogP contribution in [0.5, 0.6) is 0 Å². The molecule has 1 fully saturated rings. The van der Waals surface area contributed by atoms with Gasteiger partial charge in [-0.2, -0.15) is 0 Å². The summed E-state index contributed by atoms with van der Waals surface area (Å²) >= 11 is 0. The molecule has 1 aliphatic rings. The van der Waals surface area contributed by atoms with Crippen LogP contribution in [0.25, 0.3) is 11.1 Å². The maximum Gasteiger partial charge on any atom is 0.191 e. The number of carbonyl (C=O) groups is 1. The molecular weight excluding hydrogens is 260 g/mol. The molecule has 0 radical (unpaired) electrons. The first-order valence-corrected chi connectivity index (χ1v) is 7.61. The molecule has 0 N–H and O–H groups in total. The number of hydrogen-bond acceptors (Lipinski definition) is 2. The minimum Gasteiger partial charge on any atom is -0.370 e. The highest BCUT2D eigenvalue weighted by molar-refractivity contribution is 6.00. The van der Waals surface area contributed by atoms with Gasteiger partial charge in [0.2, 0.25) is 0 Å². The Morgan fingerprint density at radius 1 is 1.05 bits per heavy atom. The smallest absolute Gasteiger partial charge is 0.191 e. The second kappa shape index (κ2) is 6.23. The monoisotopic (exact) mass is 280 g/mol. The van der Waals surface area contributed by atoms with Gasteiger partial charge in [0.15, 0.2) is 5.78 Å². The highest BCUT2D eigenvalue weighted by Crippen LogP contribution is 2.36. The SMILES string of the molecule is CCOC(C(=O)c1ccc(-c2ccccc2)cc1)C1CC1. The normalized spacial score (nSPS) is 15.7. The molecule has 0 spiro atoms. The molecule has 1 aliphatic carbocycles. The highest BCUT2D eigenvalue weighted by Gasteiger charge is 2.37. The number of rotatable bonds is 6. The summed E-state index contributed by atoms with van der Waals surface area (Å²) in [6, 6.07) is 18.0. The predicted octanol–water partition coefficient (Wildman–Crippen LogP) is 4.35. The quantitative estimate of drug-likeness (QED) is 0.735. The molecule has 2 nitrogen and oxygen atoms in total. The zero-order chi connectivity index (χ0) is 14.7. The van der Waals surface area contributed by atoms with E-state index < -0.39 is 0 Å². The molecule has 1 unspecified atom stereocenters. The summed E-state index contributed by atoms with van der Waals surface area (Å²) in [6.45, 7) is 2.54. The number of benzene rings is 2. The molecule has 2 heteroatoms. The number of hydrogen-bond donors (Lipinski definition) is 0. The minimum absolute atomic E-state index is 0.124. The van der Waals surface area contributed by atoms with Crippen LogP contribution < -0.4 is 0 Å². The van der Waals surface area contributed by atoms with Crippen molar-refractivity contribution >= 4 is 5.78 Å². The molecule has 0 amide bonds. The summed E-state index contributed by atoms with van der Waals surface area (Å²) in [5.41, 5.74) is 3.05. The maximum absolute atomic E-state index is 12.5. The zero-order valence-electron chi connectivity index (χ0n) is 12.3. The number of ketones is 1. The lowest BCUT2D eigenvalue weighted by molar-refractivity contribution is 0.0374. The van der Waals surface area contributed by atoms with E-state index in [1.165, 1.54) is 5.56 Å². The molecule has 0 bridgehead atoms. The Labute approximate surface area is 125 Å². The third-order valence-corrected chi connectivity index (χ3v) is 3.93. The van der Waals surface area contributed by atoms with E-state index in [9.17, 15) is 4.79 Å². The van der Waals surface area contributed by atoms with E-state index in [4.69, 9.17) is 4.74 Å². The van der Waals surface area contributed by atoms with Crippen molar-refractivity contribution in [2.75, 3.05) is 6.61 Å². The van der Waals surface area contributed by atoms with Crippen LogP contribution in [0, 0.1) is 5.92 Å². The van der Waals surface area contributed by atoms with E-state index in [-0.39, 0.29) is 11.9 Å². The topological polar surface area (TPSA) is 26.3 Å². The van der Waals surface area contributed by atoms with Gasteiger partial charge in [-0.05, 0) is 36.8 Å². The largest absolute Gasteiger partial charge is 0.370 e. The van der Waals surface area contributed by atoms with Crippen molar-refractivity contribution in [2.24, 2.45) is 5.92 Å². The number of Topliss-reactive ketones (excluding diaryl/α,β-unsaturated/α-hetero) is 1. The van der Waals surface area contributed by atoms with Crippen molar-refractivity contribution in [1.82, 2.24) is 0 Å². The summed E-state index contributed by atoms with van der Waals surface area (Å²) in [6.07, 6.45) is 1.97. The van der Waals surface area contributed by atoms with E-state index in [1.807, 2.05) is 49.4 Å². The van der Waals surface area contributed by atoms with Gasteiger partial charge in [0.25, 0.3) is 0 Å². The van der Waals surface area contributed by atoms with Crippen molar-refractivity contribution in [2.45, 2.75) is 25.9 Å². The average molecular weight is 280 g/mol. The van der Waals surface area contributed by atoms with Gasteiger partial charge >= 0.3 is 0 Å². The third kappa shape index (κ3) is 3.22. The lowest BCUT2D eigenvalue weighted by atomic mass is 9.99. The molecular formula is C19H20O2. The van der Waals surface area contributed by atoms with E-state index in [2.05, 4.69) is 12.1 Å². The van der Waals surface area contributed by atoms with Gasteiger partial charge in [0.1, 0.15) is 6.10 Å². The zero-order valence-corrected chi connectivity index (χ0v) is 12.3. The Kier molecular flexibility index (Phi) is 4.16. The van der Waals surface area contributed by atoms with Crippen molar-refractivity contribution in [3.63, 3.8) is 0 Å². The Bertz CT molecular complexity index is 597. The summed E-state index contributed by atoms with van der Waals surface area (Å²) < 4.78 is 5.65. The molecule has 108 valence electrons. The van der Waals surface area contributed by atoms with E-state index in [0.717, 1.165) is 24.0 Å². The van der Waals surface area contributed by atoms with Gasteiger partial charge in [0, 0.05) is 12.2 Å². The fourth-order valence-electron chi connectivity index (χ4n) is 2.63. The van der Waals surface area contributed by atoms with Crippen molar-refractivity contribution in [3.8, 4) is 11.1 Å². The molecule has 2 aromatic rings. The summed E-state index contributed by atoms with van der Waals surface area (Å²) in [4.78, 5) is 12.5. The third-order valence-electron chi connectivity index (χ3n) is 3.93. The molecule has 2 aromatic carbocycles. The van der Waals surface area contributed by atoms with Crippen LogP contribution in [0.1, 0.15) is 30.1 Å². The lowest BCUT2D eigenvalue weighted by Gasteiger charge is -2.15. The molecule has 21 heavy (non-hydrogen) atoms. The molecule has 3 rings (SSSR count). The van der Waals surface area contributed by atoms with Crippen LogP contribution in [0.4, 0.5) is 0 Å². The van der Waals surface area contributed by atoms with Gasteiger partial charge in [-0.15, -0.1) is 0 Å². The average Bonchev–Trinajstić information content (AvgIpc) is 3.38. The maximum atomic E-state index is 12.5. The highest BCUT2D eigenvalue weighted by atomic mass is 16.5.